The fourth-order valence-electron chi connectivity index (χ4n) is 1.04. The molecule has 0 saturated carbocycles. The molecule has 0 atom stereocenters. The highest BCUT2D eigenvalue weighted by Gasteiger charge is 2.03. The van der Waals surface area contributed by atoms with Crippen molar-refractivity contribution in [2.24, 2.45) is 0 Å². The average Bonchev–Trinajstić information content (AvgIpc) is 2.47. The van der Waals surface area contributed by atoms with Gasteiger partial charge in [0.1, 0.15) is 5.52 Å². The molecular formula is C9H9NO2. The van der Waals surface area contributed by atoms with Gasteiger partial charge in [-0.3, -0.25) is 0 Å². The third-order valence-electron chi connectivity index (χ3n) is 1.54. The second-order valence-electron chi connectivity index (χ2n) is 2.38. The molecule has 0 aliphatic rings. The van der Waals surface area contributed by atoms with Gasteiger partial charge in [-0.15, -0.1) is 0 Å². The minimum absolute atomic E-state index is 0.346. The number of benzene rings is 1. The van der Waals surface area contributed by atoms with Gasteiger partial charge in [0.05, 0.1) is 6.61 Å². The molecule has 0 aliphatic heterocycles. The molecule has 0 fully saturated rings. The number of nitrogens with zero attached hydrogens (tertiary/aromatic N) is 1. The summed E-state index contributed by atoms with van der Waals surface area (Å²) in [5, 5.41) is 0. The lowest BCUT2D eigenvalue weighted by molar-refractivity contribution is 0.251. The monoisotopic (exact) mass is 163 g/mol. The van der Waals surface area contributed by atoms with Crippen molar-refractivity contribution in [1.82, 2.24) is 4.98 Å². The van der Waals surface area contributed by atoms with Crippen LogP contribution in [0.2, 0.25) is 0 Å². The third kappa shape index (κ3) is 1.13. The molecule has 0 amide bonds. The fourth-order valence-corrected chi connectivity index (χ4v) is 1.04. The van der Waals surface area contributed by atoms with Crippen LogP contribution in [0, 0.1) is 0 Å². The van der Waals surface area contributed by atoms with Crippen molar-refractivity contribution < 1.29 is 9.15 Å². The SMILES string of the molecule is CCOc1nc2ccccc2o1. The summed E-state index contributed by atoms with van der Waals surface area (Å²) in [6.07, 6.45) is 0.346. The Hall–Kier alpha value is -1.51. The fraction of sp³-hybridized carbons (Fsp3) is 0.222. The Morgan fingerprint density at radius 2 is 2.25 bits per heavy atom. The van der Waals surface area contributed by atoms with Crippen LogP contribution >= 0.6 is 0 Å². The smallest absolute Gasteiger partial charge is 0.394 e. The van der Waals surface area contributed by atoms with Crippen LogP contribution in [-0.4, -0.2) is 11.6 Å². The normalized spacial score (nSPS) is 10.4. The van der Waals surface area contributed by atoms with E-state index < -0.39 is 0 Å². The molecule has 1 aromatic heterocycles. The quantitative estimate of drug-likeness (QED) is 0.680. The lowest BCUT2D eigenvalue weighted by Gasteiger charge is -1.91. The average molecular weight is 163 g/mol. The number of aromatic nitrogens is 1. The summed E-state index contributed by atoms with van der Waals surface area (Å²) in [5.41, 5.74) is 1.60. The zero-order valence-electron chi connectivity index (χ0n) is 6.78. The summed E-state index contributed by atoms with van der Waals surface area (Å²) in [6.45, 7) is 2.47. The molecule has 2 aromatic rings. The number of oxazole rings is 1. The van der Waals surface area contributed by atoms with Crippen molar-refractivity contribution in [3.8, 4) is 6.08 Å². The van der Waals surface area contributed by atoms with Gasteiger partial charge < -0.3 is 9.15 Å². The first-order chi connectivity index (χ1) is 5.90. The van der Waals surface area contributed by atoms with Gasteiger partial charge in [-0.2, -0.15) is 4.98 Å². The Labute approximate surface area is 70.0 Å². The lowest BCUT2D eigenvalue weighted by Crippen LogP contribution is -1.89. The van der Waals surface area contributed by atoms with E-state index in [0.29, 0.717) is 12.7 Å². The Bertz CT molecular complexity index is 348. The van der Waals surface area contributed by atoms with Crippen LogP contribution in [0.5, 0.6) is 6.08 Å². The highest BCUT2D eigenvalue weighted by Crippen LogP contribution is 2.19. The van der Waals surface area contributed by atoms with E-state index in [0.717, 1.165) is 11.1 Å². The van der Waals surface area contributed by atoms with Gasteiger partial charge in [-0.05, 0) is 19.1 Å². The van der Waals surface area contributed by atoms with Gasteiger partial charge in [0.2, 0.25) is 0 Å². The molecule has 62 valence electrons. The third-order valence-corrected chi connectivity index (χ3v) is 1.54. The summed E-state index contributed by atoms with van der Waals surface area (Å²) in [6, 6.07) is 7.58. The molecule has 0 radical (unpaired) electrons. The van der Waals surface area contributed by atoms with Gasteiger partial charge in [-0.1, -0.05) is 12.1 Å². The molecule has 0 aliphatic carbocycles. The van der Waals surface area contributed by atoms with Crippen LogP contribution in [-0.2, 0) is 0 Å². The van der Waals surface area contributed by atoms with Gasteiger partial charge in [0.15, 0.2) is 5.58 Å². The van der Waals surface area contributed by atoms with E-state index in [4.69, 9.17) is 9.15 Å². The number of rotatable bonds is 2. The summed E-state index contributed by atoms with van der Waals surface area (Å²) in [4.78, 5) is 4.11. The predicted molar refractivity (Wildman–Crippen MR) is 45.2 cm³/mol. The van der Waals surface area contributed by atoms with Crippen LogP contribution in [0.4, 0.5) is 0 Å². The van der Waals surface area contributed by atoms with Gasteiger partial charge in [0, 0.05) is 0 Å². The molecule has 1 heterocycles. The molecule has 3 heteroatoms. The van der Waals surface area contributed by atoms with Crippen molar-refractivity contribution >= 4 is 11.1 Å². The van der Waals surface area contributed by atoms with Crippen LogP contribution in [0.1, 0.15) is 6.92 Å². The van der Waals surface area contributed by atoms with Crippen molar-refractivity contribution in [2.45, 2.75) is 6.92 Å². The summed E-state index contributed by atoms with van der Waals surface area (Å²) >= 11 is 0. The maximum atomic E-state index is 5.28. The molecule has 1 aromatic carbocycles. The summed E-state index contributed by atoms with van der Waals surface area (Å²) < 4.78 is 10.4. The molecule has 0 unspecified atom stereocenters. The van der Waals surface area contributed by atoms with Crippen LogP contribution < -0.4 is 4.74 Å². The molecule has 3 nitrogen and oxygen atoms in total. The molecule has 12 heavy (non-hydrogen) atoms. The summed E-state index contributed by atoms with van der Waals surface area (Å²) in [5.74, 6) is 0. The van der Waals surface area contributed by atoms with E-state index in [9.17, 15) is 0 Å². The Balaban J connectivity index is 2.47. The van der Waals surface area contributed by atoms with E-state index in [1.807, 2.05) is 31.2 Å². The number of hydrogen-bond acceptors (Lipinski definition) is 3. The molecule has 0 spiro atoms. The first-order valence-corrected chi connectivity index (χ1v) is 3.88. The highest BCUT2D eigenvalue weighted by atomic mass is 16.6. The van der Waals surface area contributed by atoms with Crippen molar-refractivity contribution in [3.63, 3.8) is 0 Å². The van der Waals surface area contributed by atoms with Gasteiger partial charge in [-0.25, -0.2) is 0 Å². The first kappa shape index (κ1) is 7.16. The van der Waals surface area contributed by atoms with Crippen LogP contribution in [0.15, 0.2) is 28.7 Å². The predicted octanol–water partition coefficient (Wildman–Crippen LogP) is 2.23. The van der Waals surface area contributed by atoms with Crippen molar-refractivity contribution in [1.29, 1.82) is 0 Å². The Morgan fingerprint density at radius 1 is 1.42 bits per heavy atom. The van der Waals surface area contributed by atoms with Crippen molar-refractivity contribution in [3.05, 3.63) is 24.3 Å². The van der Waals surface area contributed by atoms with E-state index in [2.05, 4.69) is 4.98 Å². The van der Waals surface area contributed by atoms with E-state index in [-0.39, 0.29) is 0 Å². The van der Waals surface area contributed by atoms with E-state index in [1.165, 1.54) is 0 Å². The maximum absolute atomic E-state index is 5.28. The minimum atomic E-state index is 0.346. The van der Waals surface area contributed by atoms with Crippen LogP contribution in [0.25, 0.3) is 11.1 Å². The minimum Gasteiger partial charge on any atom is -0.450 e. The largest absolute Gasteiger partial charge is 0.450 e. The number of fused-ring (bicyclic) bond motifs is 1. The Morgan fingerprint density at radius 3 is 3.00 bits per heavy atom. The second kappa shape index (κ2) is 2.85. The standard InChI is InChI=1S/C9H9NO2/c1-2-11-9-10-7-5-3-4-6-8(7)12-9/h3-6H,2H2,1H3. The lowest BCUT2D eigenvalue weighted by atomic mass is 10.3. The van der Waals surface area contributed by atoms with Gasteiger partial charge in [0.25, 0.3) is 0 Å². The van der Waals surface area contributed by atoms with Crippen molar-refractivity contribution in [2.75, 3.05) is 6.61 Å². The highest BCUT2D eigenvalue weighted by molar-refractivity contribution is 5.72. The number of para-hydroxylation sites is 2. The van der Waals surface area contributed by atoms with E-state index >= 15 is 0 Å². The first-order valence-electron chi connectivity index (χ1n) is 3.88. The topological polar surface area (TPSA) is 35.3 Å². The Kier molecular flexibility index (Phi) is 1.70. The maximum Gasteiger partial charge on any atom is 0.394 e. The molecule has 0 saturated heterocycles. The zero-order valence-corrected chi connectivity index (χ0v) is 6.78. The molecular weight excluding hydrogens is 154 g/mol. The van der Waals surface area contributed by atoms with Crippen LogP contribution in [0.3, 0.4) is 0 Å². The zero-order chi connectivity index (χ0) is 8.39. The molecule has 0 bridgehead atoms. The molecule has 2 rings (SSSR count). The van der Waals surface area contributed by atoms with Gasteiger partial charge >= 0.3 is 6.08 Å². The number of hydrogen-bond donors (Lipinski definition) is 0. The molecule has 0 N–H and O–H groups in total. The second-order valence-corrected chi connectivity index (χ2v) is 2.38. The summed E-state index contributed by atoms with van der Waals surface area (Å²) in [7, 11) is 0. The number of ether oxygens (including phenoxy) is 1. The van der Waals surface area contributed by atoms with E-state index in [1.54, 1.807) is 0 Å².